The molecule has 1 amide bonds. The Kier molecular flexibility index (Phi) is 5.65. The summed E-state index contributed by atoms with van der Waals surface area (Å²) in [6, 6.07) is 7.17. The third-order valence-corrected chi connectivity index (χ3v) is 3.16. The summed E-state index contributed by atoms with van der Waals surface area (Å²) < 4.78 is 5.13. The normalized spacial score (nSPS) is 13.8. The first-order valence-corrected chi connectivity index (χ1v) is 6.24. The number of methoxy groups -OCH3 is 1. The third kappa shape index (κ3) is 4.04. The van der Waals surface area contributed by atoms with Crippen LogP contribution in [0.25, 0.3) is 0 Å². The number of rotatable bonds is 6. The Bertz CT molecular complexity index is 393. The van der Waals surface area contributed by atoms with E-state index >= 15 is 0 Å². The Labute approximate surface area is 109 Å². The number of carbonyl (C=O) groups excluding carboxylic acids is 1. The minimum Gasteiger partial charge on any atom is -0.497 e. The van der Waals surface area contributed by atoms with Crippen molar-refractivity contribution in [3.63, 3.8) is 0 Å². The van der Waals surface area contributed by atoms with Gasteiger partial charge in [-0.25, -0.2) is 0 Å². The lowest BCUT2D eigenvalue weighted by Gasteiger charge is -2.17. The van der Waals surface area contributed by atoms with Gasteiger partial charge in [0.15, 0.2) is 0 Å². The molecular weight excluding hydrogens is 228 g/mol. The van der Waals surface area contributed by atoms with Crippen molar-refractivity contribution in [3.05, 3.63) is 29.8 Å². The van der Waals surface area contributed by atoms with Gasteiger partial charge in [0.1, 0.15) is 5.75 Å². The summed E-state index contributed by atoms with van der Waals surface area (Å²) >= 11 is 0. The summed E-state index contributed by atoms with van der Waals surface area (Å²) in [6.07, 6.45) is 0.897. The number of nitrogens with two attached hydrogens (primary N) is 1. The molecule has 0 bridgehead atoms. The molecule has 0 heterocycles. The Morgan fingerprint density at radius 3 is 2.83 bits per heavy atom. The van der Waals surface area contributed by atoms with E-state index < -0.39 is 6.04 Å². The van der Waals surface area contributed by atoms with Crippen molar-refractivity contribution >= 4 is 5.91 Å². The monoisotopic (exact) mass is 250 g/mol. The summed E-state index contributed by atoms with van der Waals surface area (Å²) in [5.41, 5.74) is 6.85. The van der Waals surface area contributed by atoms with Crippen LogP contribution in [0.2, 0.25) is 0 Å². The topological polar surface area (TPSA) is 64.4 Å². The molecule has 0 aliphatic rings. The zero-order chi connectivity index (χ0) is 13.5. The lowest BCUT2D eigenvalue weighted by molar-refractivity contribution is -0.123. The zero-order valence-electron chi connectivity index (χ0n) is 11.3. The Morgan fingerprint density at radius 1 is 1.50 bits per heavy atom. The van der Waals surface area contributed by atoms with E-state index in [1.165, 1.54) is 0 Å². The van der Waals surface area contributed by atoms with Gasteiger partial charge in [0.05, 0.1) is 13.2 Å². The predicted octanol–water partition coefficient (Wildman–Crippen LogP) is 1.68. The molecule has 0 saturated carbocycles. The molecule has 1 rings (SSSR count). The SMILES string of the molecule is CC[C@H](C)[C@H](N)C(=O)NCc1cccc(OC)c1. The van der Waals surface area contributed by atoms with Crippen LogP contribution in [0.15, 0.2) is 24.3 Å². The molecule has 0 radical (unpaired) electrons. The average molecular weight is 250 g/mol. The minimum absolute atomic E-state index is 0.104. The van der Waals surface area contributed by atoms with Crippen LogP contribution in [-0.2, 0) is 11.3 Å². The van der Waals surface area contributed by atoms with Crippen LogP contribution in [0.4, 0.5) is 0 Å². The second-order valence-electron chi connectivity index (χ2n) is 4.48. The summed E-state index contributed by atoms with van der Waals surface area (Å²) in [6.45, 7) is 4.48. The van der Waals surface area contributed by atoms with Gasteiger partial charge in [0, 0.05) is 6.54 Å². The molecule has 18 heavy (non-hydrogen) atoms. The van der Waals surface area contributed by atoms with Crippen LogP contribution in [0.1, 0.15) is 25.8 Å². The molecular formula is C14H22N2O2. The van der Waals surface area contributed by atoms with E-state index in [9.17, 15) is 4.79 Å². The highest BCUT2D eigenvalue weighted by molar-refractivity contribution is 5.81. The molecule has 0 aromatic heterocycles. The highest BCUT2D eigenvalue weighted by atomic mass is 16.5. The van der Waals surface area contributed by atoms with E-state index in [4.69, 9.17) is 10.5 Å². The van der Waals surface area contributed by atoms with E-state index in [2.05, 4.69) is 5.32 Å². The lowest BCUT2D eigenvalue weighted by Crippen LogP contribution is -2.44. The summed E-state index contributed by atoms with van der Waals surface area (Å²) in [5.74, 6) is 0.871. The molecule has 4 heteroatoms. The smallest absolute Gasteiger partial charge is 0.237 e. The number of ether oxygens (including phenoxy) is 1. The van der Waals surface area contributed by atoms with Gasteiger partial charge in [0.2, 0.25) is 5.91 Å². The van der Waals surface area contributed by atoms with Crippen LogP contribution in [0.3, 0.4) is 0 Å². The Balaban J connectivity index is 2.51. The number of carbonyl (C=O) groups is 1. The average Bonchev–Trinajstić information content (AvgIpc) is 2.43. The van der Waals surface area contributed by atoms with E-state index in [0.717, 1.165) is 17.7 Å². The van der Waals surface area contributed by atoms with Gasteiger partial charge in [-0.05, 0) is 23.6 Å². The fraction of sp³-hybridized carbons (Fsp3) is 0.500. The summed E-state index contributed by atoms with van der Waals surface area (Å²) in [5, 5.41) is 2.85. The first-order valence-electron chi connectivity index (χ1n) is 6.24. The number of benzene rings is 1. The maximum atomic E-state index is 11.8. The highest BCUT2D eigenvalue weighted by Crippen LogP contribution is 2.12. The van der Waals surface area contributed by atoms with Crippen molar-refractivity contribution < 1.29 is 9.53 Å². The Hall–Kier alpha value is -1.55. The van der Waals surface area contributed by atoms with Gasteiger partial charge in [-0.15, -0.1) is 0 Å². The highest BCUT2D eigenvalue weighted by Gasteiger charge is 2.18. The van der Waals surface area contributed by atoms with E-state index in [0.29, 0.717) is 6.54 Å². The molecule has 0 aliphatic carbocycles. The van der Waals surface area contributed by atoms with Crippen molar-refractivity contribution in [2.45, 2.75) is 32.9 Å². The first-order chi connectivity index (χ1) is 8.58. The molecule has 1 aromatic rings. The molecule has 1 aromatic carbocycles. The number of hydrogen-bond donors (Lipinski definition) is 2. The lowest BCUT2D eigenvalue weighted by atomic mass is 9.99. The molecule has 0 unspecified atom stereocenters. The summed E-state index contributed by atoms with van der Waals surface area (Å²) in [7, 11) is 1.62. The van der Waals surface area contributed by atoms with Crippen LogP contribution in [-0.4, -0.2) is 19.1 Å². The van der Waals surface area contributed by atoms with E-state index in [-0.39, 0.29) is 11.8 Å². The molecule has 0 fully saturated rings. The van der Waals surface area contributed by atoms with E-state index in [1.54, 1.807) is 7.11 Å². The fourth-order valence-corrected chi connectivity index (χ4v) is 1.60. The van der Waals surface area contributed by atoms with Gasteiger partial charge in [-0.3, -0.25) is 4.79 Å². The second-order valence-corrected chi connectivity index (χ2v) is 4.48. The van der Waals surface area contributed by atoms with Crippen molar-refractivity contribution in [1.29, 1.82) is 0 Å². The molecule has 3 N–H and O–H groups in total. The second kappa shape index (κ2) is 7.01. The largest absolute Gasteiger partial charge is 0.497 e. The van der Waals surface area contributed by atoms with Gasteiger partial charge in [-0.2, -0.15) is 0 Å². The summed E-state index contributed by atoms with van der Waals surface area (Å²) in [4.78, 5) is 11.8. The predicted molar refractivity (Wildman–Crippen MR) is 72.3 cm³/mol. The molecule has 4 nitrogen and oxygen atoms in total. The quantitative estimate of drug-likeness (QED) is 0.807. The zero-order valence-corrected chi connectivity index (χ0v) is 11.3. The van der Waals surface area contributed by atoms with Crippen molar-refractivity contribution in [3.8, 4) is 5.75 Å². The maximum absolute atomic E-state index is 11.8. The van der Waals surface area contributed by atoms with Crippen molar-refractivity contribution in [1.82, 2.24) is 5.32 Å². The molecule has 0 spiro atoms. The van der Waals surface area contributed by atoms with Gasteiger partial charge in [0.25, 0.3) is 0 Å². The molecule has 0 saturated heterocycles. The van der Waals surface area contributed by atoms with E-state index in [1.807, 2.05) is 38.1 Å². The Morgan fingerprint density at radius 2 is 2.22 bits per heavy atom. The number of hydrogen-bond acceptors (Lipinski definition) is 3. The van der Waals surface area contributed by atoms with Crippen molar-refractivity contribution in [2.24, 2.45) is 11.7 Å². The van der Waals surface area contributed by atoms with Crippen LogP contribution in [0.5, 0.6) is 5.75 Å². The van der Waals surface area contributed by atoms with Gasteiger partial charge in [-0.1, -0.05) is 32.4 Å². The first kappa shape index (κ1) is 14.5. The van der Waals surface area contributed by atoms with Crippen molar-refractivity contribution in [2.75, 3.05) is 7.11 Å². The number of amides is 1. The maximum Gasteiger partial charge on any atom is 0.237 e. The van der Waals surface area contributed by atoms with Crippen LogP contribution < -0.4 is 15.8 Å². The molecule has 2 atom stereocenters. The standard InChI is InChI=1S/C14H22N2O2/c1-4-10(2)13(15)14(17)16-9-11-6-5-7-12(8-11)18-3/h5-8,10,13H,4,9,15H2,1-3H3,(H,16,17)/t10-,13-/m0/s1. The van der Waals surface area contributed by atoms with Crippen LogP contribution in [0, 0.1) is 5.92 Å². The minimum atomic E-state index is -0.444. The molecule has 0 aliphatic heterocycles. The fourth-order valence-electron chi connectivity index (χ4n) is 1.60. The van der Waals surface area contributed by atoms with Gasteiger partial charge >= 0.3 is 0 Å². The third-order valence-electron chi connectivity index (χ3n) is 3.16. The van der Waals surface area contributed by atoms with Crippen LogP contribution >= 0.6 is 0 Å². The van der Waals surface area contributed by atoms with Gasteiger partial charge < -0.3 is 15.8 Å². The molecule has 100 valence electrons. The number of nitrogens with one attached hydrogen (secondary N) is 1.